The Bertz CT molecular complexity index is 902. The first-order chi connectivity index (χ1) is 12.6. The van der Waals surface area contributed by atoms with Crippen molar-refractivity contribution in [2.75, 3.05) is 13.1 Å². The smallest absolute Gasteiger partial charge is 0.270 e. The fraction of sp³-hybridized carbons (Fsp3) is 0.263. The van der Waals surface area contributed by atoms with Crippen LogP contribution in [-0.4, -0.2) is 28.8 Å². The number of piperidine rings is 1. The van der Waals surface area contributed by atoms with Crippen molar-refractivity contribution in [3.05, 3.63) is 57.8 Å². The molecular formula is C19H17N3O4. The van der Waals surface area contributed by atoms with Crippen molar-refractivity contribution in [2.45, 2.75) is 19.3 Å². The lowest BCUT2D eigenvalue weighted by molar-refractivity contribution is -0.384. The van der Waals surface area contributed by atoms with E-state index in [2.05, 4.69) is 0 Å². The highest BCUT2D eigenvalue weighted by Crippen LogP contribution is 2.26. The van der Waals surface area contributed by atoms with Gasteiger partial charge >= 0.3 is 0 Å². The second-order valence-corrected chi connectivity index (χ2v) is 6.03. The van der Waals surface area contributed by atoms with Crippen LogP contribution < -0.4 is 0 Å². The average Bonchev–Trinajstić information content (AvgIpc) is 3.15. The number of furan rings is 1. The largest absolute Gasteiger partial charge is 0.457 e. The molecule has 1 fully saturated rings. The van der Waals surface area contributed by atoms with Crippen LogP contribution in [0.2, 0.25) is 0 Å². The summed E-state index contributed by atoms with van der Waals surface area (Å²) in [5.74, 6) is 0.497. The molecule has 0 saturated carbocycles. The summed E-state index contributed by atoms with van der Waals surface area (Å²) in [5, 5.41) is 20.2. The summed E-state index contributed by atoms with van der Waals surface area (Å²) in [4.78, 5) is 24.5. The lowest BCUT2D eigenvalue weighted by atomic mass is 10.1. The van der Waals surface area contributed by atoms with E-state index in [1.807, 2.05) is 6.07 Å². The summed E-state index contributed by atoms with van der Waals surface area (Å²) in [6.07, 6.45) is 4.40. The summed E-state index contributed by atoms with van der Waals surface area (Å²) >= 11 is 0. The van der Waals surface area contributed by atoms with Crippen molar-refractivity contribution in [2.24, 2.45) is 0 Å². The molecule has 0 bridgehead atoms. The third kappa shape index (κ3) is 3.81. The Balaban J connectivity index is 1.83. The van der Waals surface area contributed by atoms with Crippen LogP contribution in [0.5, 0.6) is 0 Å². The second-order valence-electron chi connectivity index (χ2n) is 6.03. The van der Waals surface area contributed by atoms with Gasteiger partial charge in [-0.1, -0.05) is 12.1 Å². The molecule has 1 aromatic heterocycles. The molecular weight excluding hydrogens is 334 g/mol. The normalized spacial score (nSPS) is 14.7. The molecule has 0 N–H and O–H groups in total. The Morgan fingerprint density at radius 2 is 2.00 bits per heavy atom. The molecule has 0 spiro atoms. The van der Waals surface area contributed by atoms with Gasteiger partial charge in [-0.05, 0) is 31.4 Å². The number of likely N-dealkylation sites (tertiary alicyclic amines) is 1. The van der Waals surface area contributed by atoms with E-state index in [1.54, 1.807) is 29.2 Å². The molecule has 0 radical (unpaired) electrons. The number of carbonyl (C=O) groups excluding carboxylic acids is 1. The molecule has 2 heterocycles. The quantitative estimate of drug-likeness (QED) is 0.361. The van der Waals surface area contributed by atoms with Crippen LogP contribution >= 0.6 is 0 Å². The molecule has 1 amide bonds. The van der Waals surface area contributed by atoms with Crippen molar-refractivity contribution in [3.63, 3.8) is 0 Å². The summed E-state index contributed by atoms with van der Waals surface area (Å²) in [5.41, 5.74) is 0.542. The van der Waals surface area contributed by atoms with E-state index in [-0.39, 0.29) is 17.2 Å². The SMILES string of the molecule is N#C/C(=C/c1ccc(-c2cccc([N+](=O)[O-])c2)o1)C(=O)N1CCCCC1. The highest BCUT2D eigenvalue weighted by atomic mass is 16.6. The van der Waals surface area contributed by atoms with Gasteiger partial charge in [-0.3, -0.25) is 14.9 Å². The standard InChI is InChI=1S/C19H17N3O4/c20-13-15(19(23)21-9-2-1-3-10-21)12-17-7-8-18(26-17)14-5-4-6-16(11-14)22(24)25/h4-8,11-12H,1-3,9-10H2/b15-12-. The third-order valence-electron chi connectivity index (χ3n) is 4.25. The molecule has 7 heteroatoms. The van der Waals surface area contributed by atoms with Gasteiger partial charge in [0.25, 0.3) is 11.6 Å². The minimum Gasteiger partial charge on any atom is -0.457 e. The maximum absolute atomic E-state index is 12.4. The first kappa shape index (κ1) is 17.4. The van der Waals surface area contributed by atoms with Gasteiger partial charge in [-0.25, -0.2) is 0 Å². The number of non-ortho nitro benzene ring substituents is 1. The van der Waals surface area contributed by atoms with Crippen LogP contribution in [0.4, 0.5) is 5.69 Å². The first-order valence-corrected chi connectivity index (χ1v) is 8.34. The molecule has 1 aromatic carbocycles. The number of rotatable bonds is 4. The Hall–Kier alpha value is -3.40. The van der Waals surface area contributed by atoms with Crippen molar-refractivity contribution < 1.29 is 14.1 Å². The third-order valence-corrected chi connectivity index (χ3v) is 4.25. The van der Waals surface area contributed by atoms with Crippen LogP contribution in [0, 0.1) is 21.4 Å². The topological polar surface area (TPSA) is 100 Å². The zero-order valence-corrected chi connectivity index (χ0v) is 14.1. The highest BCUT2D eigenvalue weighted by molar-refractivity contribution is 6.01. The van der Waals surface area contributed by atoms with Gasteiger partial charge in [0, 0.05) is 36.9 Å². The van der Waals surface area contributed by atoms with Crippen molar-refractivity contribution in [3.8, 4) is 17.4 Å². The molecule has 132 valence electrons. The molecule has 1 aliphatic heterocycles. The number of nitriles is 1. The molecule has 2 aromatic rings. The van der Waals surface area contributed by atoms with E-state index in [9.17, 15) is 20.2 Å². The second kappa shape index (κ2) is 7.66. The monoisotopic (exact) mass is 351 g/mol. The van der Waals surface area contributed by atoms with Gasteiger partial charge in [0.05, 0.1) is 4.92 Å². The highest BCUT2D eigenvalue weighted by Gasteiger charge is 2.20. The van der Waals surface area contributed by atoms with Crippen LogP contribution in [0.3, 0.4) is 0 Å². The van der Waals surface area contributed by atoms with E-state index in [1.165, 1.54) is 18.2 Å². The van der Waals surface area contributed by atoms with Gasteiger partial charge in [0.1, 0.15) is 23.2 Å². The van der Waals surface area contributed by atoms with E-state index in [4.69, 9.17) is 4.42 Å². The average molecular weight is 351 g/mol. The summed E-state index contributed by atoms with van der Waals surface area (Å²) in [7, 11) is 0. The Morgan fingerprint density at radius 1 is 1.23 bits per heavy atom. The van der Waals surface area contributed by atoms with Crippen LogP contribution in [-0.2, 0) is 4.79 Å². The lowest BCUT2D eigenvalue weighted by Crippen LogP contribution is -2.36. The predicted octanol–water partition coefficient (Wildman–Crippen LogP) is 3.77. The molecule has 0 unspecified atom stereocenters. The van der Waals surface area contributed by atoms with E-state index in [0.29, 0.717) is 30.2 Å². The number of nitro benzene ring substituents is 1. The Morgan fingerprint density at radius 3 is 2.69 bits per heavy atom. The molecule has 1 aliphatic rings. The number of hydrogen-bond acceptors (Lipinski definition) is 5. The molecule has 26 heavy (non-hydrogen) atoms. The molecule has 0 aliphatic carbocycles. The van der Waals surface area contributed by atoms with Gasteiger partial charge < -0.3 is 9.32 Å². The van der Waals surface area contributed by atoms with Crippen LogP contribution in [0.25, 0.3) is 17.4 Å². The van der Waals surface area contributed by atoms with E-state index < -0.39 is 4.92 Å². The molecule has 0 atom stereocenters. The molecule has 7 nitrogen and oxygen atoms in total. The van der Waals surface area contributed by atoms with Crippen molar-refractivity contribution in [1.82, 2.24) is 4.90 Å². The molecule has 1 saturated heterocycles. The number of hydrogen-bond donors (Lipinski definition) is 0. The summed E-state index contributed by atoms with van der Waals surface area (Å²) in [6.45, 7) is 1.32. The number of amides is 1. The van der Waals surface area contributed by atoms with Crippen molar-refractivity contribution in [1.29, 1.82) is 5.26 Å². The predicted molar refractivity (Wildman–Crippen MR) is 94.8 cm³/mol. The van der Waals surface area contributed by atoms with Gasteiger partial charge in [-0.15, -0.1) is 0 Å². The minimum atomic E-state index is -0.474. The van der Waals surface area contributed by atoms with Gasteiger partial charge in [0.2, 0.25) is 0 Å². The maximum Gasteiger partial charge on any atom is 0.270 e. The fourth-order valence-electron chi connectivity index (χ4n) is 2.91. The number of carbonyl (C=O) groups is 1. The maximum atomic E-state index is 12.4. The van der Waals surface area contributed by atoms with E-state index in [0.717, 1.165) is 19.3 Å². The Labute approximate surface area is 150 Å². The summed E-state index contributed by atoms with van der Waals surface area (Å²) < 4.78 is 5.65. The van der Waals surface area contributed by atoms with Crippen LogP contribution in [0.15, 0.2) is 46.4 Å². The number of nitrogens with zero attached hydrogens (tertiary/aromatic N) is 3. The van der Waals surface area contributed by atoms with Crippen molar-refractivity contribution >= 4 is 17.7 Å². The fourth-order valence-corrected chi connectivity index (χ4v) is 2.91. The van der Waals surface area contributed by atoms with Crippen LogP contribution in [0.1, 0.15) is 25.0 Å². The van der Waals surface area contributed by atoms with Gasteiger partial charge in [0.15, 0.2) is 0 Å². The Kier molecular flexibility index (Phi) is 5.13. The summed E-state index contributed by atoms with van der Waals surface area (Å²) in [6, 6.07) is 11.3. The zero-order chi connectivity index (χ0) is 18.5. The first-order valence-electron chi connectivity index (χ1n) is 8.34. The molecule has 3 rings (SSSR count). The zero-order valence-electron chi connectivity index (χ0n) is 14.1. The lowest BCUT2D eigenvalue weighted by Gasteiger charge is -2.26. The van der Waals surface area contributed by atoms with Gasteiger partial charge in [-0.2, -0.15) is 5.26 Å². The minimum absolute atomic E-state index is 0.0202. The van der Waals surface area contributed by atoms with E-state index >= 15 is 0 Å². The number of nitro groups is 1. The number of benzene rings is 1.